The average Bonchev–Trinajstić information content (AvgIpc) is 3.42. The van der Waals surface area contributed by atoms with E-state index in [0.717, 1.165) is 37.3 Å². The van der Waals surface area contributed by atoms with Crippen LogP contribution in [0.2, 0.25) is 0 Å². The average molecular weight is 550 g/mol. The van der Waals surface area contributed by atoms with Gasteiger partial charge in [0.15, 0.2) is 15.7 Å². The fourth-order valence-electron chi connectivity index (χ4n) is 4.96. The van der Waals surface area contributed by atoms with E-state index in [-0.39, 0.29) is 10.6 Å². The Morgan fingerprint density at radius 2 is 1.82 bits per heavy atom. The molecule has 0 atom stereocenters. The number of nitrogens with one attached hydrogen (secondary N) is 3. The molecule has 4 aromatic rings. The molecular weight excluding hydrogens is 514 g/mol. The molecule has 5 rings (SSSR count). The predicted molar refractivity (Wildman–Crippen MR) is 157 cm³/mol. The molecule has 0 bridgehead atoms. The van der Waals surface area contributed by atoms with Crippen LogP contribution in [0.5, 0.6) is 5.75 Å². The molecule has 1 aliphatic heterocycles. The molecule has 0 amide bonds. The summed E-state index contributed by atoms with van der Waals surface area (Å²) in [5, 5.41) is 6.51. The molecule has 2 aromatic heterocycles. The van der Waals surface area contributed by atoms with Crippen molar-refractivity contribution < 1.29 is 13.2 Å². The first-order chi connectivity index (χ1) is 18.8. The largest absolute Gasteiger partial charge is 0.494 e. The van der Waals surface area contributed by atoms with Gasteiger partial charge in [-0.3, -0.25) is 0 Å². The van der Waals surface area contributed by atoms with Crippen molar-refractivity contribution in [3.05, 3.63) is 54.7 Å². The van der Waals surface area contributed by atoms with Crippen molar-refractivity contribution in [2.75, 3.05) is 55.6 Å². The Balaban J connectivity index is 1.42. The zero-order valence-electron chi connectivity index (χ0n) is 22.7. The zero-order valence-corrected chi connectivity index (χ0v) is 23.5. The van der Waals surface area contributed by atoms with Gasteiger partial charge in [-0.2, -0.15) is 4.98 Å². The molecule has 3 N–H and O–H groups in total. The minimum absolute atomic E-state index is 0.00361. The van der Waals surface area contributed by atoms with E-state index < -0.39 is 9.84 Å². The molecule has 10 nitrogen and oxygen atoms in total. The first-order valence-corrected chi connectivity index (χ1v) is 14.7. The van der Waals surface area contributed by atoms with Gasteiger partial charge < -0.3 is 30.2 Å². The molecule has 0 saturated carbocycles. The number of anilines is 5. The third kappa shape index (κ3) is 5.64. The van der Waals surface area contributed by atoms with Crippen LogP contribution in [-0.4, -0.2) is 74.4 Å². The van der Waals surface area contributed by atoms with Crippen LogP contribution in [-0.2, 0) is 9.84 Å². The van der Waals surface area contributed by atoms with E-state index >= 15 is 0 Å². The highest BCUT2D eigenvalue weighted by atomic mass is 32.2. The summed E-state index contributed by atoms with van der Waals surface area (Å²) in [5.41, 5.74) is 3.67. The zero-order chi connectivity index (χ0) is 27.6. The summed E-state index contributed by atoms with van der Waals surface area (Å²) in [6.07, 6.45) is 4.02. The molecule has 11 heteroatoms. The van der Waals surface area contributed by atoms with Crippen molar-refractivity contribution in [2.24, 2.45) is 0 Å². The molecule has 0 unspecified atom stereocenters. The smallest absolute Gasteiger partial charge is 0.229 e. The summed E-state index contributed by atoms with van der Waals surface area (Å²) in [4.78, 5) is 17.4. The number of fused-ring (bicyclic) bond motifs is 1. The number of methoxy groups -OCH3 is 1. The Labute approximate surface area is 229 Å². The highest BCUT2D eigenvalue weighted by molar-refractivity contribution is 7.91. The number of aromatic nitrogens is 3. The number of H-pyrrole nitrogens is 1. The summed E-state index contributed by atoms with van der Waals surface area (Å²) in [5.74, 6) is 1.52. The van der Waals surface area contributed by atoms with Gasteiger partial charge in [-0.05, 0) is 57.3 Å². The van der Waals surface area contributed by atoms with Crippen LogP contribution < -0.4 is 20.3 Å². The number of ether oxygens (including phenoxy) is 1. The number of hydrogen-bond acceptors (Lipinski definition) is 9. The molecule has 1 fully saturated rings. The number of rotatable bonds is 9. The SMILES string of the molecule is CCS(=O)(=O)c1ccccc1Nc1nc(Nc2ccc(N3CCC(N(C)C)CC3)cc2OC)nc2cc[nH]c12. The van der Waals surface area contributed by atoms with E-state index in [1.165, 1.54) is 0 Å². The van der Waals surface area contributed by atoms with E-state index in [1.807, 2.05) is 18.2 Å². The first kappa shape index (κ1) is 26.8. The van der Waals surface area contributed by atoms with Crippen molar-refractivity contribution in [1.29, 1.82) is 0 Å². The van der Waals surface area contributed by atoms with Crippen LogP contribution in [0, 0.1) is 0 Å². The second kappa shape index (κ2) is 11.1. The van der Waals surface area contributed by atoms with E-state index in [2.05, 4.69) is 50.6 Å². The summed E-state index contributed by atoms with van der Waals surface area (Å²) in [6.45, 7) is 3.62. The standard InChI is InChI=1S/C28H35N7O3S/c1-5-39(36,37)25-9-7-6-8-22(25)30-27-26-23(12-15-29-26)32-28(33-27)31-21-11-10-20(18-24(21)38-4)35-16-13-19(14-17-35)34(2)3/h6-12,15,18-19,29H,5,13-14,16-17H2,1-4H3,(H2,30,31,32,33). The van der Waals surface area contributed by atoms with Crippen molar-refractivity contribution in [2.45, 2.75) is 30.7 Å². The Bertz CT molecular complexity index is 1560. The van der Waals surface area contributed by atoms with Gasteiger partial charge in [0.05, 0.1) is 34.6 Å². The maximum atomic E-state index is 12.7. The summed E-state index contributed by atoms with van der Waals surface area (Å²) in [6, 6.07) is 15.4. The maximum absolute atomic E-state index is 12.7. The number of sulfone groups is 1. The Hall–Kier alpha value is -3.83. The van der Waals surface area contributed by atoms with Gasteiger partial charge in [-0.15, -0.1) is 0 Å². The lowest BCUT2D eigenvalue weighted by Crippen LogP contribution is -2.41. The first-order valence-electron chi connectivity index (χ1n) is 13.1. The minimum Gasteiger partial charge on any atom is -0.494 e. The summed E-state index contributed by atoms with van der Waals surface area (Å²) in [7, 11) is 2.50. The normalized spacial score (nSPS) is 14.6. The van der Waals surface area contributed by atoms with Crippen molar-refractivity contribution in [3.8, 4) is 5.75 Å². The minimum atomic E-state index is -3.43. The van der Waals surface area contributed by atoms with E-state index in [4.69, 9.17) is 9.72 Å². The number of piperidine rings is 1. The summed E-state index contributed by atoms with van der Waals surface area (Å²) < 4.78 is 31.1. The van der Waals surface area contributed by atoms with Crippen molar-refractivity contribution in [3.63, 3.8) is 0 Å². The Morgan fingerprint density at radius 3 is 2.54 bits per heavy atom. The second-order valence-electron chi connectivity index (χ2n) is 9.85. The van der Waals surface area contributed by atoms with Gasteiger partial charge >= 0.3 is 0 Å². The Morgan fingerprint density at radius 1 is 1.05 bits per heavy atom. The van der Waals surface area contributed by atoms with Gasteiger partial charge in [0.1, 0.15) is 11.3 Å². The third-order valence-corrected chi connectivity index (χ3v) is 9.04. The number of aromatic amines is 1. The van der Waals surface area contributed by atoms with Crippen LogP contribution in [0.4, 0.5) is 28.8 Å². The van der Waals surface area contributed by atoms with Crippen LogP contribution in [0.3, 0.4) is 0 Å². The summed E-state index contributed by atoms with van der Waals surface area (Å²) >= 11 is 0. The number of para-hydroxylation sites is 1. The van der Waals surface area contributed by atoms with Gasteiger partial charge in [-0.1, -0.05) is 19.1 Å². The van der Waals surface area contributed by atoms with E-state index in [9.17, 15) is 8.42 Å². The van der Waals surface area contributed by atoms with Gasteiger partial charge in [0.25, 0.3) is 0 Å². The predicted octanol–water partition coefficient (Wildman–Crippen LogP) is 4.78. The molecule has 2 aromatic carbocycles. The highest BCUT2D eigenvalue weighted by Crippen LogP contribution is 2.34. The lowest BCUT2D eigenvalue weighted by atomic mass is 10.0. The molecule has 39 heavy (non-hydrogen) atoms. The molecule has 3 heterocycles. The quantitative estimate of drug-likeness (QED) is 0.271. The third-order valence-electron chi connectivity index (χ3n) is 7.25. The molecule has 1 aliphatic rings. The molecule has 0 radical (unpaired) electrons. The molecular formula is C28H35N7O3S. The number of benzene rings is 2. The maximum Gasteiger partial charge on any atom is 0.229 e. The monoisotopic (exact) mass is 549 g/mol. The fraction of sp³-hybridized carbons (Fsp3) is 0.357. The molecule has 0 aliphatic carbocycles. The van der Waals surface area contributed by atoms with E-state index in [1.54, 1.807) is 44.5 Å². The van der Waals surface area contributed by atoms with Gasteiger partial charge in [0.2, 0.25) is 5.95 Å². The highest BCUT2D eigenvalue weighted by Gasteiger charge is 2.22. The second-order valence-corrected chi connectivity index (χ2v) is 12.1. The fourth-order valence-corrected chi connectivity index (χ4v) is 6.01. The van der Waals surface area contributed by atoms with Gasteiger partial charge in [0, 0.05) is 37.1 Å². The van der Waals surface area contributed by atoms with Crippen molar-refractivity contribution >= 4 is 49.7 Å². The van der Waals surface area contributed by atoms with Crippen LogP contribution >= 0.6 is 0 Å². The van der Waals surface area contributed by atoms with Gasteiger partial charge in [-0.25, -0.2) is 13.4 Å². The van der Waals surface area contributed by atoms with Crippen molar-refractivity contribution in [1.82, 2.24) is 19.9 Å². The molecule has 1 saturated heterocycles. The van der Waals surface area contributed by atoms with Crippen LogP contribution in [0.1, 0.15) is 19.8 Å². The lowest BCUT2D eigenvalue weighted by molar-refractivity contribution is 0.249. The van der Waals surface area contributed by atoms with E-state index in [0.29, 0.717) is 40.3 Å². The van der Waals surface area contributed by atoms with Crippen LogP contribution in [0.15, 0.2) is 59.6 Å². The van der Waals surface area contributed by atoms with Crippen LogP contribution in [0.25, 0.3) is 11.0 Å². The lowest BCUT2D eigenvalue weighted by Gasteiger charge is -2.36. The Kier molecular flexibility index (Phi) is 7.62. The number of nitrogens with zero attached hydrogens (tertiary/aromatic N) is 4. The number of hydrogen-bond donors (Lipinski definition) is 3. The molecule has 0 spiro atoms. The topological polar surface area (TPSA) is 115 Å². The molecule has 206 valence electrons.